The fraction of sp³-hybridized carbons (Fsp3) is 0.881. The highest BCUT2D eigenvalue weighted by Crippen LogP contribution is 2.18. The number of aliphatic hydroxyl groups is 2. The van der Waals surface area contributed by atoms with Crippen LogP contribution in [0.5, 0.6) is 0 Å². The van der Waals surface area contributed by atoms with E-state index in [1.165, 1.54) is 70.6 Å². The molecule has 3 amide bonds. The van der Waals surface area contributed by atoms with E-state index in [1.807, 2.05) is 0 Å². The Morgan fingerprint density at radius 1 is 0.582 bits per heavy atom. The van der Waals surface area contributed by atoms with Gasteiger partial charge in [0.15, 0.2) is 0 Å². The van der Waals surface area contributed by atoms with E-state index in [9.17, 15) is 39.3 Å². The number of carboxylic acid groups (broad SMARTS) is 1. The zero-order valence-corrected chi connectivity index (χ0v) is 34.9. The number of carbonyl (C=O) groups excluding carboxylic acids is 4. The predicted molar refractivity (Wildman–Crippen MR) is 217 cm³/mol. The Labute approximate surface area is 332 Å². The van der Waals surface area contributed by atoms with E-state index in [-0.39, 0.29) is 25.8 Å². The molecule has 0 aromatic heterocycles. The summed E-state index contributed by atoms with van der Waals surface area (Å²) in [7, 11) is 0. The molecule has 55 heavy (non-hydrogen) atoms. The highest BCUT2D eigenvalue weighted by molar-refractivity contribution is 5.92. The summed E-state index contributed by atoms with van der Waals surface area (Å²) in [4.78, 5) is 62.2. The molecule has 0 aliphatic rings. The molecule has 4 atom stereocenters. The first kappa shape index (κ1) is 52.2. The molecular formula is C42H80N4O9. The predicted octanol–water partition coefficient (Wildman–Crippen LogP) is 6.05. The first-order valence-electron chi connectivity index (χ1n) is 21.6. The van der Waals surface area contributed by atoms with Gasteiger partial charge in [0.05, 0.1) is 32.1 Å². The number of ether oxygens (including phenoxy) is 1. The van der Waals surface area contributed by atoms with Crippen LogP contribution in [-0.2, 0) is 28.7 Å². The molecule has 8 N–H and O–H groups in total. The number of nitrogens with two attached hydrogens (primary N) is 1. The lowest BCUT2D eigenvalue weighted by atomic mass is 10.0. The summed E-state index contributed by atoms with van der Waals surface area (Å²) in [6.07, 6.45) is 20.1. The van der Waals surface area contributed by atoms with Crippen molar-refractivity contribution in [2.75, 3.05) is 19.7 Å². The lowest BCUT2D eigenvalue weighted by molar-refractivity contribution is -0.153. The maximum Gasteiger partial charge on any atom is 0.326 e. The molecule has 0 spiro atoms. The van der Waals surface area contributed by atoms with Gasteiger partial charge in [-0.15, -0.1) is 0 Å². The highest BCUT2D eigenvalue weighted by Gasteiger charge is 2.26. The van der Waals surface area contributed by atoms with Gasteiger partial charge in [-0.2, -0.15) is 0 Å². The third-order valence-corrected chi connectivity index (χ3v) is 9.83. The van der Waals surface area contributed by atoms with Gasteiger partial charge in [-0.3, -0.25) is 19.2 Å². The van der Waals surface area contributed by atoms with Crippen LogP contribution < -0.4 is 21.7 Å². The smallest absolute Gasteiger partial charge is 0.326 e. The van der Waals surface area contributed by atoms with Crippen LogP contribution in [0.3, 0.4) is 0 Å². The molecule has 0 heterocycles. The molecule has 13 nitrogen and oxygen atoms in total. The number of aliphatic carboxylic acids is 1. The summed E-state index contributed by atoms with van der Waals surface area (Å²) in [5, 5.41) is 36.6. The average Bonchev–Trinajstić information content (AvgIpc) is 3.12. The van der Waals surface area contributed by atoms with Crippen LogP contribution in [0.15, 0.2) is 0 Å². The molecule has 0 fully saturated rings. The molecule has 0 bridgehead atoms. The molecule has 0 aliphatic carbocycles. The van der Waals surface area contributed by atoms with Crippen molar-refractivity contribution < 1.29 is 44.0 Å². The number of rotatable bonds is 37. The molecule has 4 unspecified atom stereocenters. The molecular weight excluding hydrogens is 704 g/mol. The van der Waals surface area contributed by atoms with Gasteiger partial charge in [-0.25, -0.2) is 4.79 Å². The van der Waals surface area contributed by atoms with Crippen molar-refractivity contribution in [3.63, 3.8) is 0 Å². The van der Waals surface area contributed by atoms with Crippen LogP contribution in [0, 0.1) is 11.8 Å². The fourth-order valence-electron chi connectivity index (χ4n) is 6.46. The lowest BCUT2D eigenvalue weighted by Crippen LogP contribution is -2.54. The lowest BCUT2D eigenvalue weighted by Gasteiger charge is -2.20. The van der Waals surface area contributed by atoms with Crippen molar-refractivity contribution in [1.29, 1.82) is 0 Å². The molecule has 0 aromatic carbocycles. The van der Waals surface area contributed by atoms with Gasteiger partial charge >= 0.3 is 11.9 Å². The van der Waals surface area contributed by atoms with Gasteiger partial charge in [0.25, 0.3) is 0 Å². The number of hydrogen-bond acceptors (Lipinski definition) is 9. The van der Waals surface area contributed by atoms with Crippen molar-refractivity contribution in [1.82, 2.24) is 16.0 Å². The topological polar surface area (TPSA) is 217 Å². The summed E-state index contributed by atoms with van der Waals surface area (Å²) >= 11 is 0. The van der Waals surface area contributed by atoms with E-state index in [1.54, 1.807) is 0 Å². The Morgan fingerprint density at radius 3 is 1.51 bits per heavy atom. The largest absolute Gasteiger partial charge is 0.480 e. The Bertz CT molecular complexity index is 1030. The van der Waals surface area contributed by atoms with Crippen molar-refractivity contribution in [2.45, 2.75) is 206 Å². The number of carboxylic acids is 1. The van der Waals surface area contributed by atoms with Gasteiger partial charge in [0, 0.05) is 0 Å². The molecule has 0 aromatic rings. The molecule has 0 saturated carbocycles. The first-order valence-corrected chi connectivity index (χ1v) is 21.6. The van der Waals surface area contributed by atoms with Gasteiger partial charge in [-0.1, -0.05) is 137 Å². The minimum absolute atomic E-state index is 0.0853. The van der Waals surface area contributed by atoms with Crippen LogP contribution >= 0.6 is 0 Å². The molecule has 0 saturated heterocycles. The van der Waals surface area contributed by atoms with E-state index < -0.39 is 67.1 Å². The SMILES string of the molecule is CC(C)CCCCCCCCCCCC(CC(=O)NCC(=O)NC(CO)C(=O)NC(CCCN)C(=O)O)OC(=O)CC(O)CCCCCCCCCC(C)C. The average molecular weight is 785 g/mol. The summed E-state index contributed by atoms with van der Waals surface area (Å²) in [6.45, 7) is 7.96. The first-order chi connectivity index (χ1) is 26.3. The second-order valence-corrected chi connectivity index (χ2v) is 16.2. The minimum atomic E-state index is -1.42. The van der Waals surface area contributed by atoms with Crippen LogP contribution in [0.25, 0.3) is 0 Å². The standard InChI is InChI=1S/C42H80N4O9/c1-32(2)22-17-13-9-6-5-7-12-16-20-25-35(55-40(51)28-34(48)24-19-15-11-8-10-14-18-23-33(3)4)29-38(49)44-30-39(50)45-37(31-47)41(52)46-36(42(53)54)26-21-27-43/h32-37,47-48H,5-31,43H2,1-4H3,(H,44,49)(H,45,50)(H,46,52)(H,53,54). The van der Waals surface area contributed by atoms with Crippen LogP contribution in [0.2, 0.25) is 0 Å². The zero-order chi connectivity index (χ0) is 41.3. The Kier molecular flexibility index (Phi) is 32.7. The van der Waals surface area contributed by atoms with Crippen LogP contribution in [0.4, 0.5) is 0 Å². The number of unbranched alkanes of at least 4 members (excludes halogenated alkanes) is 14. The second kappa shape index (κ2) is 34.5. The summed E-state index contributed by atoms with van der Waals surface area (Å²) < 4.78 is 5.69. The molecule has 0 rings (SSSR count). The minimum Gasteiger partial charge on any atom is -0.480 e. The Balaban J connectivity index is 4.88. The van der Waals surface area contributed by atoms with Crippen molar-refractivity contribution in [3.8, 4) is 0 Å². The number of amides is 3. The van der Waals surface area contributed by atoms with E-state index in [0.717, 1.165) is 56.8 Å². The van der Waals surface area contributed by atoms with Gasteiger partial charge in [0.2, 0.25) is 17.7 Å². The third kappa shape index (κ3) is 32.1. The Morgan fingerprint density at radius 2 is 1.05 bits per heavy atom. The van der Waals surface area contributed by atoms with Crippen molar-refractivity contribution in [3.05, 3.63) is 0 Å². The molecule has 13 heteroatoms. The quantitative estimate of drug-likeness (QED) is 0.0286. The Hall–Kier alpha value is -2.77. The number of esters is 1. The molecule has 0 radical (unpaired) electrons. The maximum absolute atomic E-state index is 12.9. The normalized spacial score (nSPS) is 13.6. The fourth-order valence-corrected chi connectivity index (χ4v) is 6.46. The second-order valence-electron chi connectivity index (χ2n) is 16.2. The summed E-state index contributed by atoms with van der Waals surface area (Å²) in [6, 6.07) is -2.65. The van der Waals surface area contributed by atoms with E-state index >= 15 is 0 Å². The van der Waals surface area contributed by atoms with E-state index in [2.05, 4.69) is 43.6 Å². The van der Waals surface area contributed by atoms with Crippen LogP contribution in [0.1, 0.15) is 182 Å². The van der Waals surface area contributed by atoms with Gasteiger partial charge < -0.3 is 41.7 Å². The maximum atomic E-state index is 12.9. The van der Waals surface area contributed by atoms with E-state index in [4.69, 9.17) is 10.5 Å². The number of hydrogen-bond donors (Lipinski definition) is 7. The monoisotopic (exact) mass is 785 g/mol. The molecule has 0 aliphatic heterocycles. The number of carbonyl (C=O) groups is 5. The summed E-state index contributed by atoms with van der Waals surface area (Å²) in [5.41, 5.74) is 5.43. The summed E-state index contributed by atoms with van der Waals surface area (Å²) in [5.74, 6) is -2.50. The van der Waals surface area contributed by atoms with Gasteiger partial charge in [-0.05, 0) is 50.5 Å². The van der Waals surface area contributed by atoms with Gasteiger partial charge in [0.1, 0.15) is 18.2 Å². The van der Waals surface area contributed by atoms with Crippen molar-refractivity contribution >= 4 is 29.7 Å². The van der Waals surface area contributed by atoms with E-state index in [0.29, 0.717) is 19.3 Å². The number of nitrogens with one attached hydrogen (secondary N) is 3. The number of aliphatic hydroxyl groups excluding tert-OH is 2. The van der Waals surface area contributed by atoms with Crippen LogP contribution in [-0.4, -0.2) is 89.0 Å². The zero-order valence-electron chi connectivity index (χ0n) is 34.9. The third-order valence-electron chi connectivity index (χ3n) is 9.83. The van der Waals surface area contributed by atoms with Crippen molar-refractivity contribution in [2.24, 2.45) is 17.6 Å². The molecule has 322 valence electrons. The highest BCUT2D eigenvalue weighted by atomic mass is 16.5.